The van der Waals surface area contributed by atoms with Crippen LogP contribution >= 0.6 is 11.6 Å². The number of nitrogens with zero attached hydrogens (tertiary/aromatic N) is 1. The lowest BCUT2D eigenvalue weighted by Crippen LogP contribution is -2.32. The predicted octanol–water partition coefficient (Wildman–Crippen LogP) is 4.40. The third-order valence-corrected chi connectivity index (χ3v) is 7.57. The predicted molar refractivity (Wildman–Crippen MR) is 118 cm³/mol. The van der Waals surface area contributed by atoms with Gasteiger partial charge in [-0.3, -0.25) is 4.79 Å². The molecule has 1 atom stereocenters. The molecule has 0 saturated carbocycles. The van der Waals surface area contributed by atoms with E-state index in [1.807, 2.05) is 31.2 Å². The third-order valence-electron chi connectivity index (χ3n) is 5.35. The number of benzene rings is 2. The number of hydrogen-bond acceptors (Lipinski definition) is 4. The Kier molecular flexibility index (Phi) is 7.39. The second-order valence-corrected chi connectivity index (χ2v) is 9.77. The second kappa shape index (κ2) is 9.81. The first-order chi connectivity index (χ1) is 14.3. The molecule has 0 spiro atoms. The van der Waals surface area contributed by atoms with Crippen molar-refractivity contribution in [3.8, 4) is 5.75 Å². The van der Waals surface area contributed by atoms with E-state index in [0.29, 0.717) is 13.1 Å². The molecule has 1 aliphatic rings. The molecule has 0 aromatic heterocycles. The molecule has 162 valence electrons. The van der Waals surface area contributed by atoms with E-state index in [0.717, 1.165) is 37.0 Å². The molecule has 2 aromatic rings. The Labute approximate surface area is 183 Å². The van der Waals surface area contributed by atoms with E-state index >= 15 is 0 Å². The number of rotatable bonds is 6. The number of amides is 1. The number of ether oxygens (including phenoxy) is 1. The molecule has 1 heterocycles. The quantitative estimate of drug-likeness (QED) is 0.707. The summed E-state index contributed by atoms with van der Waals surface area (Å²) in [4.78, 5) is 12.9. The first kappa shape index (κ1) is 22.6. The van der Waals surface area contributed by atoms with Crippen molar-refractivity contribution in [1.29, 1.82) is 0 Å². The maximum absolute atomic E-state index is 13.1. The van der Waals surface area contributed by atoms with Crippen LogP contribution in [0.25, 0.3) is 0 Å². The molecule has 8 heteroatoms. The number of carbonyl (C=O) groups is 1. The van der Waals surface area contributed by atoms with Gasteiger partial charge in [-0.2, -0.15) is 4.31 Å². The van der Waals surface area contributed by atoms with Crippen LogP contribution in [0.3, 0.4) is 0 Å². The molecule has 1 aliphatic heterocycles. The van der Waals surface area contributed by atoms with Gasteiger partial charge in [0.2, 0.25) is 10.0 Å². The van der Waals surface area contributed by atoms with Crippen molar-refractivity contribution in [2.75, 3.05) is 20.2 Å². The number of hydrogen-bond donors (Lipinski definition) is 1. The number of methoxy groups -OCH3 is 1. The third kappa shape index (κ3) is 5.14. The average molecular weight is 451 g/mol. The summed E-state index contributed by atoms with van der Waals surface area (Å²) in [6, 6.07) is 11.4. The lowest BCUT2D eigenvalue weighted by atomic mass is 10.1. The highest BCUT2D eigenvalue weighted by atomic mass is 35.5. The van der Waals surface area contributed by atoms with Gasteiger partial charge in [-0.25, -0.2) is 8.42 Å². The standard InChI is InChI=1S/C22H27ClN2O4S/c1-16(17-7-9-18(29-2)10-8-17)24-22(26)20-15-19(11-12-21(20)23)30(27,28)25-13-5-3-4-6-14-25/h7-12,15-16H,3-6,13-14H2,1-2H3,(H,24,26)/t16-/m0/s1. The normalized spacial score (nSPS) is 16.5. The molecule has 2 aromatic carbocycles. The fraction of sp³-hybridized carbons (Fsp3) is 0.409. The Balaban J connectivity index is 1.80. The molecule has 6 nitrogen and oxygen atoms in total. The zero-order chi connectivity index (χ0) is 21.7. The van der Waals surface area contributed by atoms with Gasteiger partial charge >= 0.3 is 0 Å². The maximum Gasteiger partial charge on any atom is 0.253 e. The Morgan fingerprint density at radius 1 is 1.07 bits per heavy atom. The van der Waals surface area contributed by atoms with Crippen molar-refractivity contribution < 1.29 is 17.9 Å². The van der Waals surface area contributed by atoms with Crippen molar-refractivity contribution >= 4 is 27.5 Å². The summed E-state index contributed by atoms with van der Waals surface area (Å²) in [6.45, 7) is 2.85. The molecular weight excluding hydrogens is 424 g/mol. The smallest absolute Gasteiger partial charge is 0.253 e. The molecule has 1 saturated heterocycles. The van der Waals surface area contributed by atoms with Gasteiger partial charge in [0.05, 0.1) is 28.6 Å². The van der Waals surface area contributed by atoms with Crippen molar-refractivity contribution in [2.24, 2.45) is 0 Å². The van der Waals surface area contributed by atoms with Crippen LogP contribution < -0.4 is 10.1 Å². The lowest BCUT2D eigenvalue weighted by Gasteiger charge is -2.21. The van der Waals surface area contributed by atoms with Gasteiger partial charge in [-0.15, -0.1) is 0 Å². The van der Waals surface area contributed by atoms with Crippen LogP contribution in [-0.4, -0.2) is 38.8 Å². The van der Waals surface area contributed by atoms with E-state index in [4.69, 9.17) is 16.3 Å². The van der Waals surface area contributed by atoms with Gasteiger partial charge in [0, 0.05) is 13.1 Å². The van der Waals surface area contributed by atoms with Gasteiger partial charge in [-0.05, 0) is 55.7 Å². The Morgan fingerprint density at radius 2 is 1.70 bits per heavy atom. The first-order valence-corrected chi connectivity index (χ1v) is 11.9. The molecule has 0 bridgehead atoms. The summed E-state index contributed by atoms with van der Waals surface area (Å²) in [6.07, 6.45) is 3.76. The molecule has 30 heavy (non-hydrogen) atoms. The van der Waals surface area contributed by atoms with E-state index in [2.05, 4.69) is 5.32 Å². The van der Waals surface area contributed by atoms with Crippen LogP contribution in [0.4, 0.5) is 0 Å². The van der Waals surface area contributed by atoms with Gasteiger partial charge < -0.3 is 10.1 Å². The highest BCUT2D eigenvalue weighted by molar-refractivity contribution is 7.89. The highest BCUT2D eigenvalue weighted by Gasteiger charge is 2.27. The van der Waals surface area contributed by atoms with Crippen LogP contribution in [0, 0.1) is 0 Å². The van der Waals surface area contributed by atoms with Crippen LogP contribution in [0.1, 0.15) is 54.6 Å². The minimum absolute atomic E-state index is 0.0936. The topological polar surface area (TPSA) is 75.7 Å². The van der Waals surface area contributed by atoms with Crippen molar-refractivity contribution in [3.05, 3.63) is 58.6 Å². The van der Waals surface area contributed by atoms with E-state index in [1.54, 1.807) is 7.11 Å². The summed E-state index contributed by atoms with van der Waals surface area (Å²) in [7, 11) is -2.07. The molecule has 0 aliphatic carbocycles. The van der Waals surface area contributed by atoms with Gasteiger partial charge in [0.25, 0.3) is 5.91 Å². The van der Waals surface area contributed by atoms with Gasteiger partial charge in [-0.1, -0.05) is 36.6 Å². The van der Waals surface area contributed by atoms with Crippen LogP contribution in [0.2, 0.25) is 5.02 Å². The lowest BCUT2D eigenvalue weighted by molar-refractivity contribution is 0.0940. The largest absolute Gasteiger partial charge is 0.497 e. The summed E-state index contributed by atoms with van der Waals surface area (Å²) < 4.78 is 32.8. The Hall–Kier alpha value is -2.09. The highest BCUT2D eigenvalue weighted by Crippen LogP contribution is 2.26. The fourth-order valence-corrected chi connectivity index (χ4v) is 5.27. The zero-order valence-electron chi connectivity index (χ0n) is 17.2. The summed E-state index contributed by atoms with van der Waals surface area (Å²) in [5.41, 5.74) is 1.04. The zero-order valence-corrected chi connectivity index (χ0v) is 18.8. The maximum atomic E-state index is 13.1. The minimum Gasteiger partial charge on any atom is -0.497 e. The Bertz CT molecular complexity index is 985. The number of carbonyl (C=O) groups excluding carboxylic acids is 1. The minimum atomic E-state index is -3.67. The fourth-order valence-electron chi connectivity index (χ4n) is 3.52. The van der Waals surface area contributed by atoms with Gasteiger partial charge in [0.1, 0.15) is 5.75 Å². The van der Waals surface area contributed by atoms with Crippen LogP contribution in [0.5, 0.6) is 5.75 Å². The summed E-state index contributed by atoms with van der Waals surface area (Å²) in [5.74, 6) is 0.308. The molecular formula is C22H27ClN2O4S. The average Bonchev–Trinajstić information content (AvgIpc) is 3.04. The van der Waals surface area contributed by atoms with Crippen molar-refractivity contribution in [2.45, 2.75) is 43.5 Å². The molecule has 1 amide bonds. The first-order valence-electron chi connectivity index (χ1n) is 10.1. The van der Waals surface area contributed by atoms with Crippen LogP contribution in [0.15, 0.2) is 47.4 Å². The van der Waals surface area contributed by atoms with E-state index in [9.17, 15) is 13.2 Å². The monoisotopic (exact) mass is 450 g/mol. The number of sulfonamides is 1. The summed E-state index contributed by atoms with van der Waals surface area (Å²) >= 11 is 6.24. The molecule has 0 radical (unpaired) electrons. The van der Waals surface area contributed by atoms with Gasteiger partial charge in [0.15, 0.2) is 0 Å². The van der Waals surface area contributed by atoms with Crippen LogP contribution in [-0.2, 0) is 10.0 Å². The van der Waals surface area contributed by atoms with E-state index in [1.165, 1.54) is 22.5 Å². The Morgan fingerprint density at radius 3 is 2.30 bits per heavy atom. The second-order valence-electron chi connectivity index (χ2n) is 7.43. The summed E-state index contributed by atoms with van der Waals surface area (Å²) in [5, 5.41) is 3.10. The molecule has 3 rings (SSSR count). The number of halogens is 1. The molecule has 1 N–H and O–H groups in total. The van der Waals surface area contributed by atoms with Crippen molar-refractivity contribution in [3.63, 3.8) is 0 Å². The van der Waals surface area contributed by atoms with Crippen molar-refractivity contribution in [1.82, 2.24) is 9.62 Å². The number of nitrogens with one attached hydrogen (secondary N) is 1. The van der Waals surface area contributed by atoms with E-state index < -0.39 is 15.9 Å². The molecule has 1 fully saturated rings. The molecule has 0 unspecified atom stereocenters. The SMILES string of the molecule is COc1ccc([C@H](C)NC(=O)c2cc(S(=O)(=O)N3CCCCCC3)ccc2Cl)cc1. The van der Waals surface area contributed by atoms with E-state index in [-0.39, 0.29) is 21.5 Å².